The van der Waals surface area contributed by atoms with Gasteiger partial charge in [0.15, 0.2) is 15.9 Å². The second kappa shape index (κ2) is 8.57. The van der Waals surface area contributed by atoms with Crippen LogP contribution in [0.3, 0.4) is 0 Å². The average molecular weight is 417 g/mol. The fourth-order valence-electron chi connectivity index (χ4n) is 3.11. The van der Waals surface area contributed by atoms with Gasteiger partial charge in [-0.2, -0.15) is 0 Å². The van der Waals surface area contributed by atoms with Gasteiger partial charge in [-0.05, 0) is 37.3 Å². The van der Waals surface area contributed by atoms with E-state index in [2.05, 4.69) is 0 Å². The minimum absolute atomic E-state index is 0.202. The second-order valence-electron chi connectivity index (χ2n) is 6.54. The third-order valence-corrected chi connectivity index (χ3v) is 5.91. The first-order chi connectivity index (χ1) is 13.8. The van der Waals surface area contributed by atoms with Crippen molar-refractivity contribution in [2.24, 2.45) is 0 Å². The van der Waals surface area contributed by atoms with Crippen LogP contribution in [0.5, 0.6) is 17.2 Å². The maximum Gasteiger partial charge on any atom is 0.268 e. The molecular weight excluding hydrogens is 394 g/mol. The standard InChI is InChI=1S/C21H23NO6S/c1-15(28-17-7-5-4-6-8-17)21(23)22(16-11-12-29(24,25)14-16)19-10-9-18(26-2)13-20(19)27-3/h4-13,15-16H,14H2,1-3H3. The number of nitrogens with zero attached hydrogens (tertiary/aromatic N) is 1. The van der Waals surface area contributed by atoms with Crippen molar-refractivity contribution in [1.29, 1.82) is 0 Å². The number of hydrogen-bond acceptors (Lipinski definition) is 6. The van der Waals surface area contributed by atoms with Crippen LogP contribution in [0, 0.1) is 0 Å². The number of anilines is 1. The molecule has 2 atom stereocenters. The SMILES string of the molecule is COc1ccc(N(C(=O)C(C)Oc2ccccc2)C2C=CS(=O)(=O)C2)c(OC)c1. The summed E-state index contributed by atoms with van der Waals surface area (Å²) >= 11 is 0. The molecule has 0 radical (unpaired) electrons. The van der Waals surface area contributed by atoms with Crippen LogP contribution in [-0.4, -0.2) is 46.4 Å². The monoisotopic (exact) mass is 417 g/mol. The van der Waals surface area contributed by atoms with Crippen LogP contribution in [0.1, 0.15) is 6.92 Å². The highest BCUT2D eigenvalue weighted by Crippen LogP contribution is 2.35. The van der Waals surface area contributed by atoms with Crippen LogP contribution in [-0.2, 0) is 14.6 Å². The van der Waals surface area contributed by atoms with Crippen LogP contribution in [0.15, 0.2) is 60.0 Å². The molecule has 0 N–H and O–H groups in total. The molecule has 3 rings (SSSR count). The third-order valence-electron chi connectivity index (χ3n) is 4.53. The number of para-hydroxylation sites is 1. The molecule has 0 saturated carbocycles. The van der Waals surface area contributed by atoms with E-state index in [1.54, 1.807) is 37.3 Å². The van der Waals surface area contributed by atoms with Gasteiger partial charge in [-0.3, -0.25) is 9.69 Å². The van der Waals surface area contributed by atoms with E-state index in [1.165, 1.54) is 25.2 Å². The Balaban J connectivity index is 1.98. The van der Waals surface area contributed by atoms with Crippen molar-refractivity contribution in [1.82, 2.24) is 0 Å². The van der Waals surface area contributed by atoms with Crippen molar-refractivity contribution in [3.05, 3.63) is 60.0 Å². The highest BCUT2D eigenvalue weighted by atomic mass is 32.2. The fraction of sp³-hybridized carbons (Fsp3) is 0.286. The van der Waals surface area contributed by atoms with Gasteiger partial charge >= 0.3 is 0 Å². The number of methoxy groups -OCH3 is 2. The van der Waals surface area contributed by atoms with Crippen LogP contribution in [0.2, 0.25) is 0 Å². The van der Waals surface area contributed by atoms with Crippen LogP contribution < -0.4 is 19.1 Å². The summed E-state index contributed by atoms with van der Waals surface area (Å²) < 4.78 is 40.5. The maximum absolute atomic E-state index is 13.4. The lowest BCUT2D eigenvalue weighted by atomic mass is 10.1. The van der Waals surface area contributed by atoms with E-state index in [9.17, 15) is 13.2 Å². The summed E-state index contributed by atoms with van der Waals surface area (Å²) in [6, 6.07) is 13.3. The summed E-state index contributed by atoms with van der Waals surface area (Å²) in [4.78, 5) is 14.8. The van der Waals surface area contributed by atoms with Gasteiger partial charge in [0.05, 0.1) is 31.7 Å². The van der Waals surface area contributed by atoms with E-state index >= 15 is 0 Å². The molecule has 1 heterocycles. The molecule has 7 nitrogen and oxygen atoms in total. The number of carbonyl (C=O) groups excluding carboxylic acids is 1. The first-order valence-corrected chi connectivity index (χ1v) is 10.7. The Morgan fingerprint density at radius 3 is 2.38 bits per heavy atom. The second-order valence-corrected chi connectivity index (χ2v) is 8.48. The lowest BCUT2D eigenvalue weighted by Crippen LogP contribution is -2.47. The molecule has 1 aliphatic rings. The zero-order chi connectivity index (χ0) is 21.0. The van der Waals surface area contributed by atoms with Gasteiger partial charge in [0.2, 0.25) is 0 Å². The lowest BCUT2D eigenvalue weighted by Gasteiger charge is -2.31. The molecule has 1 amide bonds. The summed E-state index contributed by atoms with van der Waals surface area (Å²) in [6.45, 7) is 1.63. The molecular formula is C21H23NO6S. The van der Waals surface area contributed by atoms with E-state index < -0.39 is 22.0 Å². The first-order valence-electron chi connectivity index (χ1n) is 9.02. The van der Waals surface area contributed by atoms with Gasteiger partial charge in [-0.25, -0.2) is 8.42 Å². The minimum Gasteiger partial charge on any atom is -0.497 e. The Kier molecular flexibility index (Phi) is 6.12. The molecule has 2 aromatic carbocycles. The predicted octanol–water partition coefficient (Wildman–Crippen LogP) is 2.82. The quantitative estimate of drug-likeness (QED) is 0.689. The summed E-state index contributed by atoms with van der Waals surface area (Å²) in [6.07, 6.45) is 0.660. The fourth-order valence-corrected chi connectivity index (χ4v) is 4.38. The topological polar surface area (TPSA) is 82.1 Å². The number of ether oxygens (including phenoxy) is 3. The summed E-state index contributed by atoms with van der Waals surface area (Å²) in [5, 5.41) is 1.14. The molecule has 0 aliphatic carbocycles. The maximum atomic E-state index is 13.4. The summed E-state index contributed by atoms with van der Waals surface area (Å²) in [7, 11) is -0.374. The number of rotatable bonds is 7. The van der Waals surface area contributed by atoms with E-state index in [0.717, 1.165) is 5.41 Å². The Hall–Kier alpha value is -3.00. The normalized spacial score (nSPS) is 18.1. The largest absolute Gasteiger partial charge is 0.497 e. The van der Waals surface area contributed by atoms with Gasteiger partial charge in [-0.15, -0.1) is 0 Å². The molecule has 0 bridgehead atoms. The molecule has 2 aromatic rings. The number of sulfone groups is 1. The number of carbonyl (C=O) groups is 1. The minimum atomic E-state index is -3.38. The summed E-state index contributed by atoms with van der Waals surface area (Å²) in [5.74, 6) is 0.906. The van der Waals surface area contributed by atoms with Crippen molar-refractivity contribution in [2.45, 2.75) is 19.1 Å². The molecule has 0 saturated heterocycles. The zero-order valence-electron chi connectivity index (χ0n) is 16.4. The van der Waals surface area contributed by atoms with Gasteiger partial charge in [0, 0.05) is 11.5 Å². The molecule has 8 heteroatoms. The predicted molar refractivity (Wildman–Crippen MR) is 110 cm³/mol. The van der Waals surface area contributed by atoms with Crippen LogP contribution >= 0.6 is 0 Å². The van der Waals surface area contributed by atoms with Crippen molar-refractivity contribution >= 4 is 21.4 Å². The van der Waals surface area contributed by atoms with E-state index in [-0.39, 0.29) is 11.7 Å². The molecule has 0 aromatic heterocycles. The highest BCUT2D eigenvalue weighted by Gasteiger charge is 2.35. The summed E-state index contributed by atoms with van der Waals surface area (Å²) in [5.41, 5.74) is 0.438. The van der Waals surface area contributed by atoms with Crippen molar-refractivity contribution in [3.63, 3.8) is 0 Å². The zero-order valence-corrected chi connectivity index (χ0v) is 17.3. The van der Waals surface area contributed by atoms with Gasteiger partial charge in [0.1, 0.15) is 17.2 Å². The Bertz CT molecular complexity index is 1000. The van der Waals surface area contributed by atoms with Crippen molar-refractivity contribution in [3.8, 4) is 17.2 Å². The Morgan fingerprint density at radius 2 is 1.79 bits per heavy atom. The lowest BCUT2D eigenvalue weighted by molar-refractivity contribution is -0.124. The van der Waals surface area contributed by atoms with Crippen LogP contribution in [0.25, 0.3) is 0 Å². The van der Waals surface area contributed by atoms with Gasteiger partial charge < -0.3 is 14.2 Å². The van der Waals surface area contributed by atoms with Gasteiger partial charge in [-0.1, -0.05) is 18.2 Å². The van der Waals surface area contributed by atoms with Crippen molar-refractivity contribution < 1.29 is 27.4 Å². The average Bonchev–Trinajstić information content (AvgIpc) is 3.08. The molecule has 154 valence electrons. The Labute approximate surface area is 170 Å². The first kappa shape index (κ1) is 20.7. The molecule has 29 heavy (non-hydrogen) atoms. The van der Waals surface area contributed by atoms with E-state index in [0.29, 0.717) is 22.9 Å². The smallest absolute Gasteiger partial charge is 0.268 e. The Morgan fingerprint density at radius 1 is 1.07 bits per heavy atom. The number of hydrogen-bond donors (Lipinski definition) is 0. The molecule has 1 aliphatic heterocycles. The molecule has 0 spiro atoms. The molecule has 2 unspecified atom stereocenters. The highest BCUT2D eigenvalue weighted by molar-refractivity contribution is 7.94. The van der Waals surface area contributed by atoms with E-state index in [4.69, 9.17) is 14.2 Å². The van der Waals surface area contributed by atoms with Crippen molar-refractivity contribution in [2.75, 3.05) is 24.9 Å². The number of amides is 1. The van der Waals surface area contributed by atoms with Gasteiger partial charge in [0.25, 0.3) is 5.91 Å². The third kappa shape index (κ3) is 4.71. The van der Waals surface area contributed by atoms with Crippen LogP contribution in [0.4, 0.5) is 5.69 Å². The number of benzene rings is 2. The van der Waals surface area contributed by atoms with E-state index in [1.807, 2.05) is 18.2 Å². The molecule has 0 fully saturated rings.